The van der Waals surface area contributed by atoms with Gasteiger partial charge in [0, 0.05) is 24.4 Å². The summed E-state index contributed by atoms with van der Waals surface area (Å²) in [6.45, 7) is 3.32. The van der Waals surface area contributed by atoms with E-state index in [4.69, 9.17) is 9.47 Å². The van der Waals surface area contributed by atoms with Gasteiger partial charge in [0.25, 0.3) is 17.0 Å². The summed E-state index contributed by atoms with van der Waals surface area (Å²) in [5.41, 5.74) is 4.93. The Balaban J connectivity index is 1.36. The standard InChI is InChI=1S/C29H24N4O5/c1-18-5-2-3-6-20(18)27(34)31-33-12-10-24-22(29(33)36)16-21-23(30-24)9-11-32(28(21)35)17-19-7-8-25-26(15-19)38-14-4-13-37-25/h2-3,5-12,15-16H,4,13-14,17H2,1H3,(H,31,34). The number of pyridine rings is 3. The van der Waals surface area contributed by atoms with E-state index in [1.165, 1.54) is 6.20 Å². The summed E-state index contributed by atoms with van der Waals surface area (Å²) >= 11 is 0. The molecule has 0 bridgehead atoms. The van der Waals surface area contributed by atoms with Gasteiger partial charge in [0.05, 0.1) is 41.6 Å². The van der Waals surface area contributed by atoms with Crippen LogP contribution in [0.2, 0.25) is 0 Å². The van der Waals surface area contributed by atoms with Crippen LogP contribution in [0.5, 0.6) is 11.5 Å². The van der Waals surface area contributed by atoms with Crippen LogP contribution in [0.4, 0.5) is 0 Å². The molecule has 5 aromatic rings. The predicted molar refractivity (Wildman–Crippen MR) is 144 cm³/mol. The molecule has 0 spiro atoms. The summed E-state index contributed by atoms with van der Waals surface area (Å²) in [6, 6.07) is 17.7. The number of aromatic nitrogens is 3. The fourth-order valence-corrected chi connectivity index (χ4v) is 4.58. The smallest absolute Gasteiger partial charge is 0.278 e. The lowest BCUT2D eigenvalue weighted by atomic mass is 10.1. The zero-order valence-electron chi connectivity index (χ0n) is 20.6. The molecule has 38 heavy (non-hydrogen) atoms. The molecule has 190 valence electrons. The lowest BCUT2D eigenvalue weighted by molar-refractivity contribution is 0.101. The zero-order chi connectivity index (χ0) is 26.2. The average molecular weight is 509 g/mol. The van der Waals surface area contributed by atoms with Gasteiger partial charge in [0.2, 0.25) is 0 Å². The third-order valence-electron chi connectivity index (χ3n) is 6.59. The Bertz CT molecular complexity index is 1840. The summed E-state index contributed by atoms with van der Waals surface area (Å²) < 4.78 is 14.1. The number of rotatable bonds is 4. The molecule has 1 aliphatic rings. The molecule has 0 atom stereocenters. The number of fused-ring (bicyclic) bond motifs is 3. The monoisotopic (exact) mass is 508 g/mol. The molecule has 4 heterocycles. The maximum Gasteiger partial charge on any atom is 0.278 e. The number of ether oxygens (including phenoxy) is 2. The first kappa shape index (κ1) is 23.5. The summed E-state index contributed by atoms with van der Waals surface area (Å²) in [5.74, 6) is 0.948. The number of nitrogens with zero attached hydrogens (tertiary/aromatic N) is 3. The molecule has 6 rings (SSSR count). The molecule has 0 unspecified atom stereocenters. The summed E-state index contributed by atoms with van der Waals surface area (Å²) in [4.78, 5) is 43.9. The second-order valence-corrected chi connectivity index (χ2v) is 9.18. The van der Waals surface area contributed by atoms with E-state index in [9.17, 15) is 14.4 Å². The maximum atomic E-state index is 13.4. The maximum absolute atomic E-state index is 13.4. The van der Waals surface area contributed by atoms with E-state index in [1.54, 1.807) is 41.1 Å². The number of benzene rings is 2. The molecule has 0 fully saturated rings. The molecule has 9 heteroatoms. The number of aryl methyl sites for hydroxylation is 1. The normalized spacial score (nSPS) is 12.9. The van der Waals surface area contributed by atoms with Gasteiger partial charge in [-0.3, -0.25) is 19.8 Å². The van der Waals surface area contributed by atoms with Crippen molar-refractivity contribution in [3.8, 4) is 11.5 Å². The van der Waals surface area contributed by atoms with Crippen LogP contribution in [-0.4, -0.2) is 33.3 Å². The van der Waals surface area contributed by atoms with Crippen molar-refractivity contribution in [2.75, 3.05) is 18.6 Å². The molecule has 2 aromatic carbocycles. The van der Waals surface area contributed by atoms with Crippen molar-refractivity contribution in [2.45, 2.75) is 19.9 Å². The number of carbonyl (C=O) groups excluding carboxylic acids is 1. The number of hydrogen-bond acceptors (Lipinski definition) is 6. The highest BCUT2D eigenvalue weighted by molar-refractivity contribution is 6.01. The first-order valence-corrected chi connectivity index (χ1v) is 12.3. The van der Waals surface area contributed by atoms with Gasteiger partial charge in [-0.2, -0.15) is 0 Å². The van der Waals surface area contributed by atoms with Gasteiger partial charge in [-0.15, -0.1) is 0 Å². The van der Waals surface area contributed by atoms with E-state index < -0.39 is 11.5 Å². The Kier molecular flexibility index (Phi) is 5.88. The van der Waals surface area contributed by atoms with E-state index in [1.807, 2.05) is 37.3 Å². The van der Waals surface area contributed by atoms with Crippen LogP contribution >= 0.6 is 0 Å². The SMILES string of the molecule is Cc1ccccc1C(=O)Nn1ccc2nc3ccn(Cc4ccc5c(c4)OCCCO5)c(=O)c3cc2c1=O. The van der Waals surface area contributed by atoms with E-state index in [0.717, 1.165) is 22.2 Å². The minimum atomic E-state index is -0.475. The molecule has 1 aliphatic heterocycles. The predicted octanol–water partition coefficient (Wildman–Crippen LogP) is 3.61. The lowest BCUT2D eigenvalue weighted by Gasteiger charge is -2.12. The molecule has 0 aliphatic carbocycles. The highest BCUT2D eigenvalue weighted by atomic mass is 16.5. The Labute approximate surface area is 216 Å². The molecule has 0 radical (unpaired) electrons. The third kappa shape index (κ3) is 4.28. The lowest BCUT2D eigenvalue weighted by Crippen LogP contribution is -2.33. The van der Waals surface area contributed by atoms with Crippen molar-refractivity contribution in [3.05, 3.63) is 110 Å². The largest absolute Gasteiger partial charge is 0.490 e. The fraction of sp³-hybridized carbons (Fsp3) is 0.172. The molecule has 3 aromatic heterocycles. The molecular formula is C29H24N4O5. The minimum Gasteiger partial charge on any atom is -0.490 e. The van der Waals surface area contributed by atoms with Crippen molar-refractivity contribution in [1.29, 1.82) is 0 Å². The third-order valence-corrected chi connectivity index (χ3v) is 6.59. The quantitative estimate of drug-likeness (QED) is 0.372. The van der Waals surface area contributed by atoms with Gasteiger partial charge in [-0.25, -0.2) is 9.66 Å². The topological polar surface area (TPSA) is 104 Å². The van der Waals surface area contributed by atoms with Crippen LogP contribution in [0.3, 0.4) is 0 Å². The van der Waals surface area contributed by atoms with Gasteiger partial charge in [-0.05, 0) is 54.4 Å². The Morgan fingerprint density at radius 2 is 1.63 bits per heavy atom. The minimum absolute atomic E-state index is 0.232. The van der Waals surface area contributed by atoms with Gasteiger partial charge in [-0.1, -0.05) is 24.3 Å². The average Bonchev–Trinajstić information content (AvgIpc) is 3.17. The van der Waals surface area contributed by atoms with Crippen molar-refractivity contribution in [1.82, 2.24) is 14.2 Å². The van der Waals surface area contributed by atoms with Crippen molar-refractivity contribution < 1.29 is 14.3 Å². The number of nitrogens with one attached hydrogen (secondary N) is 1. The fourth-order valence-electron chi connectivity index (χ4n) is 4.58. The van der Waals surface area contributed by atoms with Crippen LogP contribution in [0.1, 0.15) is 27.9 Å². The Morgan fingerprint density at radius 3 is 2.45 bits per heavy atom. The van der Waals surface area contributed by atoms with E-state index in [0.29, 0.717) is 53.2 Å². The van der Waals surface area contributed by atoms with Crippen LogP contribution in [0.25, 0.3) is 21.8 Å². The molecule has 0 saturated carbocycles. The second kappa shape index (κ2) is 9.51. The first-order chi connectivity index (χ1) is 18.5. The van der Waals surface area contributed by atoms with Crippen LogP contribution in [-0.2, 0) is 6.54 Å². The van der Waals surface area contributed by atoms with E-state index in [2.05, 4.69) is 10.4 Å². The molecule has 1 amide bonds. The van der Waals surface area contributed by atoms with Gasteiger partial charge < -0.3 is 14.0 Å². The van der Waals surface area contributed by atoms with Gasteiger partial charge >= 0.3 is 0 Å². The highest BCUT2D eigenvalue weighted by Crippen LogP contribution is 2.30. The van der Waals surface area contributed by atoms with Crippen LogP contribution in [0.15, 0.2) is 82.6 Å². The Morgan fingerprint density at radius 1 is 0.895 bits per heavy atom. The zero-order valence-corrected chi connectivity index (χ0v) is 20.6. The molecular weight excluding hydrogens is 484 g/mol. The summed E-state index contributed by atoms with van der Waals surface area (Å²) in [5, 5.41) is 0.546. The van der Waals surface area contributed by atoms with Gasteiger partial charge in [0.15, 0.2) is 11.5 Å². The summed E-state index contributed by atoms with van der Waals surface area (Å²) in [7, 11) is 0. The molecule has 1 N–H and O–H groups in total. The van der Waals surface area contributed by atoms with Crippen LogP contribution < -0.4 is 26.0 Å². The highest BCUT2D eigenvalue weighted by Gasteiger charge is 2.15. The Hall–Kier alpha value is -4.92. The summed E-state index contributed by atoms with van der Waals surface area (Å²) in [6.07, 6.45) is 3.97. The van der Waals surface area contributed by atoms with Gasteiger partial charge in [0.1, 0.15) is 0 Å². The number of carbonyl (C=O) groups is 1. The second-order valence-electron chi connectivity index (χ2n) is 9.18. The van der Waals surface area contributed by atoms with Crippen LogP contribution in [0, 0.1) is 6.92 Å². The number of amides is 1. The van der Waals surface area contributed by atoms with E-state index >= 15 is 0 Å². The molecule has 9 nitrogen and oxygen atoms in total. The number of hydrogen-bond donors (Lipinski definition) is 1. The van der Waals surface area contributed by atoms with Crippen molar-refractivity contribution in [3.63, 3.8) is 0 Å². The first-order valence-electron chi connectivity index (χ1n) is 12.3. The molecule has 0 saturated heterocycles. The van der Waals surface area contributed by atoms with Crippen molar-refractivity contribution in [2.24, 2.45) is 0 Å². The van der Waals surface area contributed by atoms with E-state index in [-0.39, 0.29) is 10.9 Å². The van der Waals surface area contributed by atoms with Crippen molar-refractivity contribution >= 4 is 27.7 Å².